The van der Waals surface area contributed by atoms with Crippen molar-refractivity contribution in [1.29, 1.82) is 0 Å². The minimum Gasteiger partial charge on any atom is -0.228 e. The molecule has 0 saturated carbocycles. The van der Waals surface area contributed by atoms with Crippen LogP contribution in [0.1, 0.15) is 0 Å². The summed E-state index contributed by atoms with van der Waals surface area (Å²) in [6.45, 7) is 0. The molecule has 0 amide bonds. The summed E-state index contributed by atoms with van der Waals surface area (Å²) in [7, 11) is 0. The van der Waals surface area contributed by atoms with Crippen molar-refractivity contribution in [3.05, 3.63) is 206 Å². The lowest BCUT2D eigenvalue weighted by Gasteiger charge is -2.15. The Kier molecular flexibility index (Phi) is 7.85. The van der Waals surface area contributed by atoms with E-state index in [0.717, 1.165) is 50.0 Å². The molecule has 10 rings (SSSR count). The third-order valence-corrected chi connectivity index (χ3v) is 10.5. The van der Waals surface area contributed by atoms with Crippen LogP contribution >= 0.6 is 0 Å². The zero-order valence-electron chi connectivity index (χ0n) is 29.5. The minimum absolute atomic E-state index is 0.712. The number of nitrogens with zero attached hydrogens (tertiary/aromatic N) is 2. The maximum atomic E-state index is 5.42. The van der Waals surface area contributed by atoms with E-state index in [1.807, 2.05) is 0 Å². The lowest BCUT2D eigenvalue weighted by Crippen LogP contribution is -1.98. The van der Waals surface area contributed by atoms with Gasteiger partial charge in [-0.3, -0.25) is 0 Å². The van der Waals surface area contributed by atoms with Gasteiger partial charge >= 0.3 is 0 Å². The van der Waals surface area contributed by atoms with Gasteiger partial charge in [0.1, 0.15) is 0 Å². The molecule has 0 fully saturated rings. The summed E-state index contributed by atoms with van der Waals surface area (Å²) in [4.78, 5) is 10.8. The first-order valence-electron chi connectivity index (χ1n) is 18.4. The smallest absolute Gasteiger partial charge is 0.161 e. The zero-order chi connectivity index (χ0) is 35.8. The summed E-state index contributed by atoms with van der Waals surface area (Å²) < 4.78 is 0. The third kappa shape index (κ3) is 5.81. The van der Waals surface area contributed by atoms with Crippen molar-refractivity contribution in [2.24, 2.45) is 0 Å². The molecule has 0 aliphatic rings. The largest absolute Gasteiger partial charge is 0.228 e. The van der Waals surface area contributed by atoms with Crippen LogP contribution in [0.2, 0.25) is 0 Å². The first-order valence-corrected chi connectivity index (χ1v) is 18.4. The molecule has 0 atom stereocenters. The molecule has 0 saturated heterocycles. The van der Waals surface area contributed by atoms with Gasteiger partial charge in [-0.15, -0.1) is 0 Å². The maximum Gasteiger partial charge on any atom is 0.161 e. The average Bonchev–Trinajstić information content (AvgIpc) is 3.26. The molecule has 0 aliphatic carbocycles. The highest BCUT2D eigenvalue weighted by Crippen LogP contribution is 2.40. The molecular weight excluding hydrogens is 653 g/mol. The molecule has 0 unspecified atom stereocenters. The number of aromatic nitrogens is 2. The fourth-order valence-corrected chi connectivity index (χ4v) is 7.72. The molecule has 10 aromatic rings. The Morgan fingerprint density at radius 2 is 0.722 bits per heavy atom. The van der Waals surface area contributed by atoms with Crippen LogP contribution in [0.4, 0.5) is 0 Å². The van der Waals surface area contributed by atoms with Crippen LogP contribution in [0.25, 0.3) is 99.6 Å². The van der Waals surface area contributed by atoms with Crippen LogP contribution in [0.5, 0.6) is 0 Å². The van der Waals surface area contributed by atoms with Gasteiger partial charge in [0.25, 0.3) is 0 Å². The van der Waals surface area contributed by atoms with Gasteiger partial charge < -0.3 is 0 Å². The standard InChI is InChI=1S/C52H34N2/c1-3-12-35(13-4-1)37-22-24-39(25-23-37)42-18-11-19-44(32-42)50-34-49(41-28-26-38(27-29-41)36-14-5-2-6-15-36)53-52(54-50)51-46-21-10-8-17-43(46)33-48-45-20-9-7-16-40(45)30-31-47(48)51/h1-34H. The zero-order valence-corrected chi connectivity index (χ0v) is 29.5. The summed E-state index contributed by atoms with van der Waals surface area (Å²) in [6.07, 6.45) is 0. The van der Waals surface area contributed by atoms with Crippen LogP contribution in [-0.4, -0.2) is 9.97 Å². The normalized spacial score (nSPS) is 11.3. The molecule has 0 bridgehead atoms. The molecule has 252 valence electrons. The van der Waals surface area contributed by atoms with Crippen molar-refractivity contribution in [2.45, 2.75) is 0 Å². The molecule has 1 heterocycles. The quantitative estimate of drug-likeness (QED) is 0.129. The predicted molar refractivity (Wildman–Crippen MR) is 227 cm³/mol. The highest BCUT2D eigenvalue weighted by atomic mass is 14.9. The molecule has 2 heteroatoms. The van der Waals surface area contributed by atoms with E-state index >= 15 is 0 Å². The van der Waals surface area contributed by atoms with Gasteiger partial charge in [-0.1, -0.05) is 188 Å². The van der Waals surface area contributed by atoms with Crippen molar-refractivity contribution in [2.75, 3.05) is 0 Å². The van der Waals surface area contributed by atoms with E-state index in [0.29, 0.717) is 5.82 Å². The summed E-state index contributed by atoms with van der Waals surface area (Å²) in [5.41, 5.74) is 12.0. The predicted octanol–water partition coefficient (Wildman–Crippen LogP) is 13.9. The first kappa shape index (κ1) is 31.6. The Labute approximate surface area is 314 Å². The van der Waals surface area contributed by atoms with E-state index < -0.39 is 0 Å². The van der Waals surface area contributed by atoms with Crippen LogP contribution in [0, 0.1) is 0 Å². The average molecular weight is 687 g/mol. The SMILES string of the molecule is c1ccc(-c2ccc(-c3cccc(-c4cc(-c5ccc(-c6ccccc6)cc5)nc(-c5c6ccccc6cc6c5ccc5ccccc56)n4)c3)cc2)cc1. The van der Waals surface area contributed by atoms with Crippen molar-refractivity contribution >= 4 is 32.3 Å². The fourth-order valence-electron chi connectivity index (χ4n) is 7.72. The molecule has 1 aromatic heterocycles. The second-order valence-electron chi connectivity index (χ2n) is 13.8. The highest BCUT2D eigenvalue weighted by Gasteiger charge is 2.18. The van der Waals surface area contributed by atoms with Crippen LogP contribution in [0.3, 0.4) is 0 Å². The summed E-state index contributed by atoms with van der Waals surface area (Å²) in [5, 5.41) is 7.08. The monoisotopic (exact) mass is 686 g/mol. The molecule has 0 radical (unpaired) electrons. The van der Waals surface area contributed by atoms with Crippen LogP contribution in [-0.2, 0) is 0 Å². The Morgan fingerprint density at radius 1 is 0.241 bits per heavy atom. The van der Waals surface area contributed by atoms with Crippen molar-refractivity contribution in [1.82, 2.24) is 9.97 Å². The number of rotatable bonds is 6. The van der Waals surface area contributed by atoms with E-state index in [-0.39, 0.29) is 0 Å². The van der Waals surface area contributed by atoms with Gasteiger partial charge in [-0.05, 0) is 83.9 Å². The molecule has 0 spiro atoms. The fraction of sp³-hybridized carbons (Fsp3) is 0. The van der Waals surface area contributed by atoms with Crippen LogP contribution in [0.15, 0.2) is 206 Å². The molecule has 9 aromatic carbocycles. The van der Waals surface area contributed by atoms with Gasteiger partial charge in [0.2, 0.25) is 0 Å². The van der Waals surface area contributed by atoms with Gasteiger partial charge in [0, 0.05) is 16.7 Å². The molecule has 2 nitrogen and oxygen atoms in total. The molecule has 0 aliphatic heterocycles. The molecule has 54 heavy (non-hydrogen) atoms. The van der Waals surface area contributed by atoms with Gasteiger partial charge in [-0.2, -0.15) is 0 Å². The Balaban J connectivity index is 1.16. The van der Waals surface area contributed by atoms with Crippen LogP contribution < -0.4 is 0 Å². The van der Waals surface area contributed by atoms with Crippen molar-refractivity contribution in [3.63, 3.8) is 0 Å². The number of fused-ring (bicyclic) bond motifs is 4. The van der Waals surface area contributed by atoms with Gasteiger partial charge in [-0.25, -0.2) is 9.97 Å². The lowest BCUT2D eigenvalue weighted by atomic mass is 9.92. The molecule has 0 N–H and O–H groups in total. The van der Waals surface area contributed by atoms with E-state index in [1.54, 1.807) is 0 Å². The number of benzene rings is 9. The Bertz CT molecular complexity index is 2950. The van der Waals surface area contributed by atoms with E-state index in [2.05, 4.69) is 206 Å². The minimum atomic E-state index is 0.712. The van der Waals surface area contributed by atoms with E-state index in [4.69, 9.17) is 9.97 Å². The summed E-state index contributed by atoms with van der Waals surface area (Å²) in [5.74, 6) is 0.712. The second kappa shape index (κ2) is 13.4. The Morgan fingerprint density at radius 3 is 1.39 bits per heavy atom. The maximum absolute atomic E-state index is 5.42. The van der Waals surface area contributed by atoms with Crippen molar-refractivity contribution < 1.29 is 0 Å². The van der Waals surface area contributed by atoms with E-state index in [9.17, 15) is 0 Å². The topological polar surface area (TPSA) is 25.8 Å². The third-order valence-electron chi connectivity index (χ3n) is 10.5. The van der Waals surface area contributed by atoms with E-state index in [1.165, 1.54) is 43.8 Å². The highest BCUT2D eigenvalue weighted by molar-refractivity contribution is 6.19. The number of hydrogen-bond acceptors (Lipinski definition) is 2. The number of hydrogen-bond donors (Lipinski definition) is 0. The Hall–Kier alpha value is -7.16. The summed E-state index contributed by atoms with van der Waals surface area (Å²) >= 11 is 0. The molecular formula is C52H34N2. The first-order chi connectivity index (χ1) is 26.7. The second-order valence-corrected chi connectivity index (χ2v) is 13.8. The summed E-state index contributed by atoms with van der Waals surface area (Å²) in [6, 6.07) is 73.4. The van der Waals surface area contributed by atoms with Gasteiger partial charge in [0.05, 0.1) is 11.4 Å². The van der Waals surface area contributed by atoms with Crippen molar-refractivity contribution in [3.8, 4) is 67.3 Å². The lowest BCUT2D eigenvalue weighted by molar-refractivity contribution is 1.19. The van der Waals surface area contributed by atoms with Gasteiger partial charge in [0.15, 0.2) is 5.82 Å².